The maximum Gasteiger partial charge on any atom is 0.261 e. The van der Waals surface area contributed by atoms with Crippen LogP contribution < -0.4 is 4.72 Å². The zero-order valence-corrected chi connectivity index (χ0v) is 16.6. The maximum atomic E-state index is 12.6. The fourth-order valence-corrected chi connectivity index (χ4v) is 4.01. The fourth-order valence-electron chi connectivity index (χ4n) is 3.08. The molecule has 1 N–H and O–H groups in total. The van der Waals surface area contributed by atoms with Gasteiger partial charge in [-0.15, -0.1) is 0 Å². The zero-order chi connectivity index (χ0) is 19.3. The summed E-state index contributed by atoms with van der Waals surface area (Å²) in [6.07, 6.45) is 4.54. The minimum Gasteiger partial charge on any atom is -0.286 e. The minimum absolute atomic E-state index is 0.276. The number of nitrogens with one attached hydrogen (secondary N) is 1. The number of sulfonamides is 1. The minimum atomic E-state index is -3.58. The number of rotatable bonds is 7. The zero-order valence-electron chi connectivity index (χ0n) is 15.8. The normalized spacial score (nSPS) is 12.3. The molecule has 0 aliphatic heterocycles. The molecule has 2 aliphatic carbocycles. The van der Waals surface area contributed by atoms with Crippen molar-refractivity contribution in [1.82, 2.24) is 4.72 Å². The molecule has 140 valence electrons. The van der Waals surface area contributed by atoms with Crippen molar-refractivity contribution >= 4 is 15.6 Å². The molecule has 0 amide bonds. The van der Waals surface area contributed by atoms with Crippen LogP contribution >= 0.6 is 0 Å². The van der Waals surface area contributed by atoms with E-state index in [0.717, 1.165) is 47.1 Å². The topological polar surface area (TPSA) is 46.2 Å². The van der Waals surface area contributed by atoms with Crippen LogP contribution in [0.3, 0.4) is 0 Å². The van der Waals surface area contributed by atoms with Gasteiger partial charge in [0, 0.05) is 6.20 Å². The molecule has 0 spiro atoms. The van der Waals surface area contributed by atoms with Crippen LogP contribution in [0.4, 0.5) is 0 Å². The molecule has 0 unspecified atom stereocenters. The molecular formula is C23H25NO2S. The highest BCUT2D eigenvalue weighted by Crippen LogP contribution is 2.34. The summed E-state index contributed by atoms with van der Waals surface area (Å²) in [5, 5.41) is 0. The first-order valence-electron chi connectivity index (χ1n) is 9.27. The van der Waals surface area contributed by atoms with Crippen molar-refractivity contribution in [3.05, 3.63) is 84.1 Å². The Bertz CT molecular complexity index is 1000. The second kappa shape index (κ2) is 8.40. The van der Waals surface area contributed by atoms with Gasteiger partial charge in [-0.2, -0.15) is 0 Å². The van der Waals surface area contributed by atoms with E-state index in [1.807, 2.05) is 25.1 Å². The first-order valence-corrected chi connectivity index (χ1v) is 10.8. The Morgan fingerprint density at radius 3 is 2.44 bits per heavy atom. The van der Waals surface area contributed by atoms with Gasteiger partial charge in [-0.25, -0.2) is 8.42 Å². The molecule has 0 atom stereocenters. The summed E-state index contributed by atoms with van der Waals surface area (Å²) in [4.78, 5) is 0.276. The van der Waals surface area contributed by atoms with Gasteiger partial charge in [-0.05, 0) is 54.2 Å². The smallest absolute Gasteiger partial charge is 0.261 e. The number of aryl methyl sites for hydroxylation is 1. The lowest BCUT2D eigenvalue weighted by atomic mass is 9.99. The molecule has 3 rings (SSSR count). The molecule has 4 heteroatoms. The molecule has 0 saturated carbocycles. The van der Waals surface area contributed by atoms with Gasteiger partial charge in [-0.3, -0.25) is 4.72 Å². The van der Waals surface area contributed by atoms with Crippen LogP contribution in [0.1, 0.15) is 37.3 Å². The van der Waals surface area contributed by atoms with Crippen LogP contribution in [0.2, 0.25) is 0 Å². The summed E-state index contributed by atoms with van der Waals surface area (Å²) in [6, 6.07) is 21.2. The average molecular weight is 380 g/mol. The third kappa shape index (κ3) is 4.58. The van der Waals surface area contributed by atoms with Gasteiger partial charge < -0.3 is 0 Å². The van der Waals surface area contributed by atoms with Crippen molar-refractivity contribution in [3.8, 4) is 11.1 Å². The standard InChI is InChI=1S/C23H25NO2S/c1-3-4-8-20(23-16-13-19-9-6-5-7-10-22(19)23)17-24-27(25,26)21-14-11-18(2)12-15-21/h5-7,9-17,24H,3-4,8H2,1-2H3. The van der Waals surface area contributed by atoms with E-state index in [1.54, 1.807) is 30.5 Å². The van der Waals surface area contributed by atoms with Crippen LogP contribution in [0, 0.1) is 6.92 Å². The number of unbranched alkanes of at least 4 members (excludes halogenated alkanes) is 1. The Morgan fingerprint density at radius 1 is 0.963 bits per heavy atom. The molecular weight excluding hydrogens is 354 g/mol. The quantitative estimate of drug-likeness (QED) is 0.580. The van der Waals surface area contributed by atoms with Crippen LogP contribution in [0.25, 0.3) is 16.7 Å². The monoisotopic (exact) mass is 379 g/mol. The molecule has 27 heavy (non-hydrogen) atoms. The summed E-state index contributed by atoms with van der Waals surface area (Å²) in [6.45, 7) is 4.07. The summed E-state index contributed by atoms with van der Waals surface area (Å²) in [5.74, 6) is 0. The van der Waals surface area contributed by atoms with Crippen molar-refractivity contribution in [3.63, 3.8) is 0 Å². The molecule has 3 nitrogen and oxygen atoms in total. The van der Waals surface area contributed by atoms with Crippen LogP contribution in [-0.2, 0) is 10.0 Å². The van der Waals surface area contributed by atoms with Gasteiger partial charge in [0.1, 0.15) is 0 Å². The Hall–Kier alpha value is -2.59. The first-order chi connectivity index (χ1) is 13.0. The van der Waals surface area contributed by atoms with E-state index >= 15 is 0 Å². The summed E-state index contributed by atoms with van der Waals surface area (Å²) < 4.78 is 28.0. The average Bonchev–Trinajstić information content (AvgIpc) is 2.90. The van der Waals surface area contributed by atoms with E-state index < -0.39 is 10.0 Å². The van der Waals surface area contributed by atoms with Gasteiger partial charge in [0.25, 0.3) is 10.0 Å². The summed E-state index contributed by atoms with van der Waals surface area (Å²) in [5.41, 5.74) is 5.41. The summed E-state index contributed by atoms with van der Waals surface area (Å²) in [7, 11) is -3.58. The van der Waals surface area contributed by atoms with E-state index in [0.29, 0.717) is 0 Å². The molecule has 0 bridgehead atoms. The molecule has 0 heterocycles. The van der Waals surface area contributed by atoms with Crippen LogP contribution in [-0.4, -0.2) is 8.42 Å². The predicted molar refractivity (Wildman–Crippen MR) is 112 cm³/mol. The van der Waals surface area contributed by atoms with Crippen molar-refractivity contribution in [2.75, 3.05) is 0 Å². The van der Waals surface area contributed by atoms with Gasteiger partial charge >= 0.3 is 0 Å². The highest BCUT2D eigenvalue weighted by atomic mass is 32.2. The molecule has 0 saturated heterocycles. The van der Waals surface area contributed by atoms with E-state index in [4.69, 9.17) is 0 Å². The Morgan fingerprint density at radius 2 is 1.70 bits per heavy atom. The van der Waals surface area contributed by atoms with Crippen molar-refractivity contribution in [2.24, 2.45) is 0 Å². The first kappa shape index (κ1) is 19.2. The second-order valence-corrected chi connectivity index (χ2v) is 8.45. The highest BCUT2D eigenvalue weighted by Gasteiger charge is 2.15. The van der Waals surface area contributed by atoms with E-state index in [2.05, 4.69) is 35.9 Å². The number of benzene rings is 1. The van der Waals surface area contributed by atoms with Gasteiger partial charge in [0.2, 0.25) is 0 Å². The molecule has 1 aromatic rings. The lowest BCUT2D eigenvalue weighted by Crippen LogP contribution is -2.18. The lowest BCUT2D eigenvalue weighted by molar-refractivity contribution is 0.590. The number of hydrogen-bond acceptors (Lipinski definition) is 2. The lowest BCUT2D eigenvalue weighted by Gasteiger charge is -2.10. The fraction of sp³-hybridized carbons (Fsp3) is 0.217. The second-order valence-electron chi connectivity index (χ2n) is 6.73. The van der Waals surface area contributed by atoms with Gasteiger partial charge in [0.05, 0.1) is 4.90 Å². The number of fused-ring (bicyclic) bond motifs is 1. The Kier molecular flexibility index (Phi) is 5.97. The third-order valence-corrected chi connectivity index (χ3v) is 5.98. The highest BCUT2D eigenvalue weighted by molar-refractivity contribution is 7.89. The van der Waals surface area contributed by atoms with Gasteiger partial charge in [-0.1, -0.05) is 73.5 Å². The van der Waals surface area contributed by atoms with E-state index in [-0.39, 0.29) is 4.90 Å². The molecule has 0 radical (unpaired) electrons. The van der Waals surface area contributed by atoms with Crippen LogP contribution in [0.15, 0.2) is 77.8 Å². The van der Waals surface area contributed by atoms with Crippen molar-refractivity contribution < 1.29 is 8.42 Å². The third-order valence-electron chi connectivity index (χ3n) is 4.66. The van der Waals surface area contributed by atoms with Crippen molar-refractivity contribution in [2.45, 2.75) is 38.0 Å². The summed E-state index contributed by atoms with van der Waals surface area (Å²) >= 11 is 0. The maximum absolute atomic E-state index is 12.6. The van der Waals surface area contributed by atoms with E-state index in [1.165, 1.54) is 0 Å². The molecule has 2 aliphatic rings. The number of hydrogen-bond donors (Lipinski definition) is 1. The van der Waals surface area contributed by atoms with E-state index in [9.17, 15) is 8.42 Å². The Labute approximate surface area is 162 Å². The van der Waals surface area contributed by atoms with Crippen molar-refractivity contribution in [1.29, 1.82) is 0 Å². The van der Waals surface area contributed by atoms with Crippen LogP contribution in [0.5, 0.6) is 0 Å². The molecule has 1 aromatic carbocycles. The number of allylic oxidation sites excluding steroid dienone is 1. The molecule has 0 aromatic heterocycles. The predicted octanol–water partition coefficient (Wildman–Crippen LogP) is 5.61. The largest absolute Gasteiger partial charge is 0.286 e. The SMILES string of the molecule is CCCCC(=CNS(=O)(=O)c1ccc(C)cc1)c1ccc2cccccc1-2. The van der Waals surface area contributed by atoms with Gasteiger partial charge in [0.15, 0.2) is 0 Å². The Balaban J connectivity index is 1.94. The molecule has 0 fully saturated rings.